The standard InChI is InChI=1S/C18H24N4O2.ClH/c1-22-11-10-19-12-15(22)16-20-17(24-21-16)18(8-3-9-18)13-4-6-14(23-2)7-5-13;/h4-7,15,19H,3,8-12H2,1-2H3;1H. The first-order valence-electron chi connectivity index (χ1n) is 8.62. The third kappa shape index (κ3) is 3.14. The molecule has 2 aromatic rings. The van der Waals surface area contributed by atoms with Crippen molar-refractivity contribution in [3.63, 3.8) is 0 Å². The second-order valence-electron chi connectivity index (χ2n) is 6.82. The molecule has 1 N–H and O–H groups in total. The van der Waals surface area contributed by atoms with E-state index in [1.165, 1.54) is 12.0 Å². The quantitative estimate of drug-likeness (QED) is 0.899. The van der Waals surface area contributed by atoms with Crippen LogP contribution in [-0.2, 0) is 5.41 Å². The maximum atomic E-state index is 5.74. The molecule has 4 rings (SSSR count). The van der Waals surface area contributed by atoms with E-state index >= 15 is 0 Å². The lowest BCUT2D eigenvalue weighted by molar-refractivity contribution is 0.188. The number of halogens is 1. The predicted molar refractivity (Wildman–Crippen MR) is 97.4 cm³/mol. The molecule has 1 unspecified atom stereocenters. The van der Waals surface area contributed by atoms with E-state index in [1.807, 2.05) is 12.1 Å². The van der Waals surface area contributed by atoms with E-state index in [9.17, 15) is 0 Å². The van der Waals surface area contributed by atoms with Crippen LogP contribution in [-0.4, -0.2) is 48.8 Å². The van der Waals surface area contributed by atoms with Crippen LogP contribution in [0.3, 0.4) is 0 Å². The van der Waals surface area contributed by atoms with Gasteiger partial charge in [-0.25, -0.2) is 0 Å². The van der Waals surface area contributed by atoms with Gasteiger partial charge in [0.05, 0.1) is 18.6 Å². The first-order valence-corrected chi connectivity index (χ1v) is 8.62. The summed E-state index contributed by atoms with van der Waals surface area (Å²) in [4.78, 5) is 7.09. The molecule has 1 aromatic carbocycles. The van der Waals surface area contributed by atoms with Crippen molar-refractivity contribution in [1.82, 2.24) is 20.4 Å². The molecule has 1 aliphatic carbocycles. The lowest BCUT2D eigenvalue weighted by atomic mass is 9.64. The molecule has 1 atom stereocenters. The van der Waals surface area contributed by atoms with E-state index in [0.29, 0.717) is 0 Å². The molecule has 6 nitrogen and oxygen atoms in total. The highest BCUT2D eigenvalue weighted by molar-refractivity contribution is 5.85. The fourth-order valence-corrected chi connectivity index (χ4v) is 3.73. The molecule has 2 aliphatic rings. The van der Waals surface area contributed by atoms with Crippen LogP contribution in [0.25, 0.3) is 0 Å². The van der Waals surface area contributed by atoms with Crippen molar-refractivity contribution in [2.45, 2.75) is 30.7 Å². The van der Waals surface area contributed by atoms with Crippen LogP contribution < -0.4 is 10.1 Å². The summed E-state index contributed by atoms with van der Waals surface area (Å²) in [5, 5.41) is 7.71. The van der Waals surface area contributed by atoms with Crippen LogP contribution in [0.5, 0.6) is 5.75 Å². The van der Waals surface area contributed by atoms with E-state index in [2.05, 4.69) is 34.6 Å². The number of piperazine rings is 1. The highest BCUT2D eigenvalue weighted by atomic mass is 35.5. The van der Waals surface area contributed by atoms with Crippen LogP contribution >= 0.6 is 12.4 Å². The molecule has 1 aliphatic heterocycles. The minimum Gasteiger partial charge on any atom is -0.497 e. The lowest BCUT2D eigenvalue weighted by Gasteiger charge is -2.39. The third-order valence-corrected chi connectivity index (χ3v) is 5.51. The Morgan fingerprint density at radius 1 is 1.28 bits per heavy atom. The average molecular weight is 365 g/mol. The number of nitrogens with one attached hydrogen (secondary N) is 1. The summed E-state index contributed by atoms with van der Waals surface area (Å²) in [5.41, 5.74) is 1.11. The summed E-state index contributed by atoms with van der Waals surface area (Å²) in [6.45, 7) is 2.87. The minimum atomic E-state index is -0.127. The third-order valence-electron chi connectivity index (χ3n) is 5.51. The summed E-state index contributed by atoms with van der Waals surface area (Å²) >= 11 is 0. The summed E-state index contributed by atoms with van der Waals surface area (Å²) in [5.74, 6) is 2.42. The van der Waals surface area contributed by atoms with Gasteiger partial charge in [0.2, 0.25) is 5.89 Å². The summed E-state index contributed by atoms with van der Waals surface area (Å²) in [6.07, 6.45) is 3.30. The lowest BCUT2D eigenvalue weighted by Crippen LogP contribution is -2.44. The Kier molecular flexibility index (Phi) is 5.32. The number of hydrogen-bond acceptors (Lipinski definition) is 6. The largest absolute Gasteiger partial charge is 0.497 e. The molecule has 7 heteroatoms. The zero-order chi connectivity index (χ0) is 16.6. The number of ether oxygens (including phenoxy) is 1. The molecule has 25 heavy (non-hydrogen) atoms. The van der Waals surface area contributed by atoms with Crippen LogP contribution in [0.4, 0.5) is 0 Å². The number of hydrogen-bond donors (Lipinski definition) is 1. The van der Waals surface area contributed by atoms with Crippen molar-refractivity contribution < 1.29 is 9.26 Å². The van der Waals surface area contributed by atoms with Crippen LogP contribution in [0.15, 0.2) is 28.8 Å². The number of likely N-dealkylation sites (N-methyl/N-ethyl adjacent to an activating group) is 1. The molecule has 2 heterocycles. The highest BCUT2D eigenvalue weighted by Gasteiger charge is 2.45. The van der Waals surface area contributed by atoms with E-state index in [0.717, 1.165) is 49.9 Å². The maximum Gasteiger partial charge on any atom is 0.237 e. The van der Waals surface area contributed by atoms with Gasteiger partial charge >= 0.3 is 0 Å². The van der Waals surface area contributed by atoms with E-state index in [-0.39, 0.29) is 23.9 Å². The van der Waals surface area contributed by atoms with Gasteiger partial charge in [-0.2, -0.15) is 4.98 Å². The molecular formula is C18H25ClN4O2. The maximum absolute atomic E-state index is 5.74. The van der Waals surface area contributed by atoms with Crippen molar-refractivity contribution in [3.8, 4) is 5.75 Å². The molecule has 0 bridgehead atoms. The first kappa shape index (κ1) is 18.2. The van der Waals surface area contributed by atoms with Crippen LogP contribution in [0, 0.1) is 0 Å². The summed E-state index contributed by atoms with van der Waals surface area (Å²) in [6, 6.07) is 8.44. The first-order chi connectivity index (χ1) is 11.7. The molecule has 136 valence electrons. The van der Waals surface area contributed by atoms with Gasteiger partial charge in [-0.15, -0.1) is 12.4 Å². The number of benzene rings is 1. The fourth-order valence-electron chi connectivity index (χ4n) is 3.73. The molecular weight excluding hydrogens is 340 g/mol. The zero-order valence-corrected chi connectivity index (χ0v) is 15.5. The van der Waals surface area contributed by atoms with E-state index in [1.54, 1.807) is 7.11 Å². The molecule has 0 spiro atoms. The van der Waals surface area contributed by atoms with Crippen molar-refractivity contribution >= 4 is 12.4 Å². The van der Waals surface area contributed by atoms with Gasteiger partial charge in [-0.05, 0) is 37.6 Å². The summed E-state index contributed by atoms with van der Waals surface area (Å²) < 4.78 is 11.0. The second kappa shape index (κ2) is 7.32. The van der Waals surface area contributed by atoms with Gasteiger partial charge < -0.3 is 14.6 Å². The van der Waals surface area contributed by atoms with E-state index in [4.69, 9.17) is 14.2 Å². The summed E-state index contributed by atoms with van der Waals surface area (Å²) in [7, 11) is 3.80. The number of rotatable bonds is 4. The molecule has 1 saturated carbocycles. The Balaban J connectivity index is 0.00000182. The SMILES string of the molecule is COc1ccc(C2(c3nc(C4CNCCN4C)no3)CCC2)cc1.Cl. The molecule has 1 saturated heterocycles. The van der Waals surface area contributed by atoms with Crippen molar-refractivity contribution in [1.29, 1.82) is 0 Å². The predicted octanol–water partition coefficient (Wildman–Crippen LogP) is 2.55. The van der Waals surface area contributed by atoms with E-state index < -0.39 is 0 Å². The van der Waals surface area contributed by atoms with Crippen LogP contribution in [0.1, 0.15) is 42.6 Å². The van der Waals surface area contributed by atoms with Gasteiger partial charge in [0, 0.05) is 19.6 Å². The molecule has 0 amide bonds. The highest BCUT2D eigenvalue weighted by Crippen LogP contribution is 2.48. The van der Waals surface area contributed by atoms with Crippen LogP contribution in [0.2, 0.25) is 0 Å². The number of aromatic nitrogens is 2. The smallest absolute Gasteiger partial charge is 0.237 e. The minimum absolute atomic E-state index is 0. The average Bonchev–Trinajstić information content (AvgIpc) is 3.05. The Hall–Kier alpha value is -1.63. The number of nitrogens with zero attached hydrogens (tertiary/aromatic N) is 3. The normalized spacial score (nSPS) is 22.7. The monoisotopic (exact) mass is 364 g/mol. The topological polar surface area (TPSA) is 63.4 Å². The Bertz CT molecular complexity index is 699. The van der Waals surface area contributed by atoms with Crippen molar-refractivity contribution in [3.05, 3.63) is 41.5 Å². The molecule has 1 aromatic heterocycles. The molecule has 2 fully saturated rings. The van der Waals surface area contributed by atoms with Crippen molar-refractivity contribution in [2.24, 2.45) is 0 Å². The van der Waals surface area contributed by atoms with Gasteiger partial charge in [0.1, 0.15) is 5.75 Å². The zero-order valence-electron chi connectivity index (χ0n) is 14.7. The van der Waals surface area contributed by atoms with Gasteiger partial charge in [-0.1, -0.05) is 23.7 Å². The Morgan fingerprint density at radius 2 is 2.04 bits per heavy atom. The van der Waals surface area contributed by atoms with Gasteiger partial charge in [0.15, 0.2) is 5.82 Å². The van der Waals surface area contributed by atoms with Gasteiger partial charge in [-0.3, -0.25) is 4.90 Å². The number of methoxy groups -OCH3 is 1. The molecule has 0 radical (unpaired) electrons. The Morgan fingerprint density at radius 3 is 2.64 bits per heavy atom. The second-order valence-corrected chi connectivity index (χ2v) is 6.82. The van der Waals surface area contributed by atoms with Crippen molar-refractivity contribution in [2.75, 3.05) is 33.8 Å². The Labute approximate surface area is 154 Å². The van der Waals surface area contributed by atoms with Gasteiger partial charge in [0.25, 0.3) is 0 Å². The fraction of sp³-hybridized carbons (Fsp3) is 0.556.